The Morgan fingerprint density at radius 3 is 1.94 bits per heavy atom. The van der Waals surface area contributed by atoms with Crippen molar-refractivity contribution >= 4 is 49.8 Å². The maximum Gasteiger partial charge on any atom is 0.136 e. The Labute approximate surface area is 297 Å². The quantitative estimate of drug-likeness (QED) is 0.184. The van der Waals surface area contributed by atoms with E-state index in [2.05, 4.69) is 183 Å². The predicted molar refractivity (Wildman–Crippen MR) is 214 cm³/mol. The molecular weight excluding hydrogens is 619 g/mol. The molecule has 51 heavy (non-hydrogen) atoms. The Kier molecular flexibility index (Phi) is 6.56. The van der Waals surface area contributed by atoms with Crippen LogP contribution in [0.1, 0.15) is 25.0 Å². The van der Waals surface area contributed by atoms with Crippen LogP contribution in [0.3, 0.4) is 0 Å². The fourth-order valence-electron chi connectivity index (χ4n) is 8.37. The molecule has 0 amide bonds. The van der Waals surface area contributed by atoms with Gasteiger partial charge in [0.1, 0.15) is 11.2 Å². The van der Waals surface area contributed by atoms with Gasteiger partial charge in [0.2, 0.25) is 0 Å². The standard InChI is InChI=1S/C49H35NO/c1-49(2)44-21-7-5-17-41(44)42-29-28-37(31-45(42)49)50(35-26-24-33(25-27-35)39-19-10-13-32-12-3-4-16-38(32)39)36-15-9-14-34(30-36)40-20-11-23-47-48(40)43-18-6-8-22-46(43)51-47/h3-31H,1-2H3. The van der Waals surface area contributed by atoms with Crippen molar-refractivity contribution in [3.63, 3.8) is 0 Å². The van der Waals surface area contributed by atoms with Gasteiger partial charge < -0.3 is 9.32 Å². The van der Waals surface area contributed by atoms with Crippen molar-refractivity contribution in [1.29, 1.82) is 0 Å². The highest BCUT2D eigenvalue weighted by Crippen LogP contribution is 2.51. The highest BCUT2D eigenvalue weighted by atomic mass is 16.3. The zero-order chi connectivity index (χ0) is 34.1. The number of anilines is 3. The minimum atomic E-state index is -0.105. The summed E-state index contributed by atoms with van der Waals surface area (Å²) in [6.45, 7) is 4.70. The van der Waals surface area contributed by atoms with Crippen molar-refractivity contribution in [3.05, 3.63) is 187 Å². The molecule has 0 unspecified atom stereocenters. The summed E-state index contributed by atoms with van der Waals surface area (Å²) in [6, 6.07) is 63.7. The average molecular weight is 654 g/mol. The first-order chi connectivity index (χ1) is 25.0. The predicted octanol–water partition coefficient (Wildman–Crippen LogP) is 13.8. The molecule has 1 aromatic heterocycles. The summed E-state index contributed by atoms with van der Waals surface area (Å²) >= 11 is 0. The van der Waals surface area contributed by atoms with Crippen LogP contribution < -0.4 is 4.90 Å². The van der Waals surface area contributed by atoms with Crippen molar-refractivity contribution in [2.75, 3.05) is 4.90 Å². The number of benzene rings is 8. The van der Waals surface area contributed by atoms with Crippen LogP contribution in [0.15, 0.2) is 180 Å². The number of para-hydroxylation sites is 1. The Morgan fingerprint density at radius 2 is 1.04 bits per heavy atom. The van der Waals surface area contributed by atoms with Gasteiger partial charge in [-0.25, -0.2) is 0 Å². The lowest BCUT2D eigenvalue weighted by molar-refractivity contribution is 0.660. The van der Waals surface area contributed by atoms with Gasteiger partial charge in [0, 0.05) is 33.2 Å². The number of furan rings is 1. The second-order valence-corrected chi connectivity index (χ2v) is 14.1. The Bertz CT molecular complexity index is 2780. The van der Waals surface area contributed by atoms with Gasteiger partial charge in [0.15, 0.2) is 0 Å². The molecule has 1 heterocycles. The second kappa shape index (κ2) is 11.3. The molecule has 8 aromatic carbocycles. The average Bonchev–Trinajstić information content (AvgIpc) is 3.67. The first-order valence-electron chi connectivity index (χ1n) is 17.7. The number of rotatable bonds is 5. The molecular formula is C49H35NO. The van der Waals surface area contributed by atoms with Gasteiger partial charge in [-0.3, -0.25) is 0 Å². The Hall–Kier alpha value is -6.38. The van der Waals surface area contributed by atoms with Crippen LogP contribution in [0.25, 0.3) is 66.1 Å². The van der Waals surface area contributed by atoms with Crippen molar-refractivity contribution in [2.45, 2.75) is 19.3 Å². The smallest absolute Gasteiger partial charge is 0.136 e. The molecule has 0 saturated carbocycles. The van der Waals surface area contributed by atoms with Crippen LogP contribution in [0.2, 0.25) is 0 Å². The lowest BCUT2D eigenvalue weighted by atomic mass is 9.82. The summed E-state index contributed by atoms with van der Waals surface area (Å²) in [6.07, 6.45) is 0. The number of hydrogen-bond donors (Lipinski definition) is 0. The second-order valence-electron chi connectivity index (χ2n) is 14.1. The molecule has 2 heteroatoms. The first kappa shape index (κ1) is 29.5. The van der Waals surface area contributed by atoms with E-state index in [0.717, 1.165) is 50.1 Å². The van der Waals surface area contributed by atoms with E-state index in [1.807, 2.05) is 12.1 Å². The minimum Gasteiger partial charge on any atom is -0.456 e. The van der Waals surface area contributed by atoms with Crippen LogP contribution in [0, 0.1) is 0 Å². The Balaban J connectivity index is 1.14. The maximum atomic E-state index is 6.28. The van der Waals surface area contributed by atoms with Gasteiger partial charge in [0.25, 0.3) is 0 Å². The highest BCUT2D eigenvalue weighted by Gasteiger charge is 2.35. The molecule has 242 valence electrons. The van der Waals surface area contributed by atoms with Crippen LogP contribution in [-0.2, 0) is 5.41 Å². The van der Waals surface area contributed by atoms with E-state index in [4.69, 9.17) is 4.42 Å². The summed E-state index contributed by atoms with van der Waals surface area (Å²) in [5, 5.41) is 4.79. The molecule has 1 aliphatic carbocycles. The lowest BCUT2D eigenvalue weighted by Crippen LogP contribution is -2.16. The minimum absolute atomic E-state index is 0.105. The zero-order valence-electron chi connectivity index (χ0n) is 28.6. The van der Waals surface area contributed by atoms with E-state index in [1.165, 1.54) is 44.2 Å². The van der Waals surface area contributed by atoms with Gasteiger partial charge >= 0.3 is 0 Å². The molecule has 10 rings (SSSR count). The summed E-state index contributed by atoms with van der Waals surface area (Å²) in [7, 11) is 0. The van der Waals surface area contributed by atoms with Crippen molar-refractivity contribution < 1.29 is 4.42 Å². The summed E-state index contributed by atoms with van der Waals surface area (Å²) in [5.74, 6) is 0. The molecule has 0 fully saturated rings. The monoisotopic (exact) mass is 653 g/mol. The molecule has 0 aliphatic heterocycles. The van der Waals surface area contributed by atoms with Crippen LogP contribution in [0.5, 0.6) is 0 Å². The summed E-state index contributed by atoms with van der Waals surface area (Å²) in [4.78, 5) is 2.41. The molecule has 0 radical (unpaired) electrons. The SMILES string of the molecule is CC1(C)c2ccccc2-c2ccc(N(c3ccc(-c4cccc5ccccc45)cc3)c3cccc(-c4cccc5oc6ccccc6c45)c3)cc21. The van der Waals surface area contributed by atoms with Crippen LogP contribution in [-0.4, -0.2) is 0 Å². The van der Waals surface area contributed by atoms with E-state index in [9.17, 15) is 0 Å². The molecule has 2 nitrogen and oxygen atoms in total. The molecule has 0 spiro atoms. The van der Waals surface area contributed by atoms with Crippen molar-refractivity contribution in [1.82, 2.24) is 0 Å². The lowest BCUT2D eigenvalue weighted by Gasteiger charge is -2.28. The summed E-state index contributed by atoms with van der Waals surface area (Å²) in [5.41, 5.74) is 15.2. The third-order valence-corrected chi connectivity index (χ3v) is 10.9. The first-order valence-corrected chi connectivity index (χ1v) is 17.7. The fraction of sp³-hybridized carbons (Fsp3) is 0.0612. The number of hydrogen-bond acceptors (Lipinski definition) is 2. The van der Waals surface area contributed by atoms with Crippen LogP contribution in [0.4, 0.5) is 17.1 Å². The fourth-order valence-corrected chi connectivity index (χ4v) is 8.37. The van der Waals surface area contributed by atoms with Gasteiger partial charge in [-0.1, -0.05) is 141 Å². The van der Waals surface area contributed by atoms with Gasteiger partial charge in [-0.2, -0.15) is 0 Å². The molecule has 1 aliphatic rings. The molecule has 0 bridgehead atoms. The largest absolute Gasteiger partial charge is 0.456 e. The van der Waals surface area contributed by atoms with Gasteiger partial charge in [-0.05, 0) is 104 Å². The molecule has 0 saturated heterocycles. The van der Waals surface area contributed by atoms with Crippen LogP contribution >= 0.6 is 0 Å². The summed E-state index contributed by atoms with van der Waals surface area (Å²) < 4.78 is 6.28. The topological polar surface area (TPSA) is 16.4 Å². The Morgan fingerprint density at radius 1 is 0.412 bits per heavy atom. The number of nitrogens with zero attached hydrogens (tertiary/aromatic N) is 1. The third kappa shape index (κ3) is 4.64. The van der Waals surface area contributed by atoms with Crippen molar-refractivity contribution in [2.24, 2.45) is 0 Å². The zero-order valence-corrected chi connectivity index (χ0v) is 28.6. The van der Waals surface area contributed by atoms with Crippen molar-refractivity contribution in [3.8, 4) is 33.4 Å². The highest BCUT2D eigenvalue weighted by molar-refractivity contribution is 6.12. The number of fused-ring (bicyclic) bond motifs is 7. The maximum absolute atomic E-state index is 6.28. The van der Waals surface area contributed by atoms with E-state index in [1.54, 1.807) is 0 Å². The molecule has 0 N–H and O–H groups in total. The van der Waals surface area contributed by atoms with Gasteiger partial charge in [0.05, 0.1) is 0 Å². The van der Waals surface area contributed by atoms with Gasteiger partial charge in [-0.15, -0.1) is 0 Å². The normalized spacial score (nSPS) is 13.1. The van der Waals surface area contributed by atoms with E-state index in [-0.39, 0.29) is 5.41 Å². The molecule has 0 atom stereocenters. The van der Waals surface area contributed by atoms with E-state index >= 15 is 0 Å². The van der Waals surface area contributed by atoms with E-state index < -0.39 is 0 Å². The third-order valence-electron chi connectivity index (χ3n) is 10.9. The van der Waals surface area contributed by atoms with E-state index in [0.29, 0.717) is 0 Å². The molecule has 9 aromatic rings.